The number of amides is 1. The highest BCUT2D eigenvalue weighted by atomic mass is 35.5. The molecule has 4 N–H and O–H groups in total. The summed E-state index contributed by atoms with van der Waals surface area (Å²) in [5.74, 6) is -0.828. The molecule has 1 amide bonds. The van der Waals surface area contributed by atoms with Gasteiger partial charge in [-0.2, -0.15) is 0 Å². The summed E-state index contributed by atoms with van der Waals surface area (Å²) in [6, 6.07) is 3.56. The summed E-state index contributed by atoms with van der Waals surface area (Å²) < 4.78 is 0. The Labute approximate surface area is 107 Å². The van der Waals surface area contributed by atoms with E-state index in [1.165, 1.54) is 6.07 Å². The van der Waals surface area contributed by atoms with E-state index in [0.717, 1.165) is 12.1 Å². The summed E-state index contributed by atoms with van der Waals surface area (Å²) in [6.45, 7) is 0. The summed E-state index contributed by atoms with van der Waals surface area (Å²) in [5.41, 5.74) is 4.31. The van der Waals surface area contributed by atoms with Crippen LogP contribution in [0, 0.1) is 10.1 Å². The zero-order valence-electron chi connectivity index (χ0n) is 9.12. The molecule has 0 aliphatic carbocycles. The standard InChI is InChI=1S/C10H11ClN2O5/c11-5-1-2-7(13(17)18)6(3-5)10(16)8(14)4-9(12)15/h1-3,8,10,14,16H,4H2,(H2,12,15). The SMILES string of the molecule is NC(=O)CC(O)C(O)c1cc(Cl)ccc1[N+](=O)[O-]. The van der Waals surface area contributed by atoms with E-state index in [-0.39, 0.29) is 10.6 Å². The van der Waals surface area contributed by atoms with Crippen LogP contribution >= 0.6 is 11.6 Å². The molecule has 2 atom stereocenters. The topological polar surface area (TPSA) is 127 Å². The molecule has 0 radical (unpaired) electrons. The van der Waals surface area contributed by atoms with Crippen molar-refractivity contribution in [3.8, 4) is 0 Å². The van der Waals surface area contributed by atoms with Gasteiger partial charge >= 0.3 is 0 Å². The van der Waals surface area contributed by atoms with Gasteiger partial charge in [0, 0.05) is 11.1 Å². The molecule has 2 unspecified atom stereocenters. The Kier molecular flexibility index (Phi) is 4.60. The van der Waals surface area contributed by atoms with Gasteiger partial charge in [-0.1, -0.05) is 11.6 Å². The Hall–Kier alpha value is -1.70. The predicted octanol–water partition coefficient (Wildman–Crippen LogP) is 0.518. The first-order valence-electron chi connectivity index (χ1n) is 4.91. The monoisotopic (exact) mass is 274 g/mol. The normalized spacial score (nSPS) is 13.9. The molecule has 0 fully saturated rings. The molecule has 0 bridgehead atoms. The maximum Gasteiger partial charge on any atom is 0.275 e. The summed E-state index contributed by atoms with van der Waals surface area (Å²) in [4.78, 5) is 20.7. The van der Waals surface area contributed by atoms with Gasteiger partial charge in [0.15, 0.2) is 0 Å². The maximum absolute atomic E-state index is 10.8. The van der Waals surface area contributed by atoms with Crippen molar-refractivity contribution in [1.29, 1.82) is 0 Å². The van der Waals surface area contributed by atoms with Crippen molar-refractivity contribution in [2.24, 2.45) is 5.73 Å². The van der Waals surface area contributed by atoms with E-state index in [9.17, 15) is 25.1 Å². The first-order chi connectivity index (χ1) is 8.32. The van der Waals surface area contributed by atoms with E-state index >= 15 is 0 Å². The molecular formula is C10H11ClN2O5. The number of carbonyl (C=O) groups excluding carboxylic acids is 1. The maximum atomic E-state index is 10.8. The average molecular weight is 275 g/mol. The minimum Gasteiger partial charge on any atom is -0.390 e. The van der Waals surface area contributed by atoms with Gasteiger partial charge in [0.25, 0.3) is 5.69 Å². The highest BCUT2D eigenvalue weighted by Crippen LogP contribution is 2.30. The molecule has 1 rings (SSSR count). The van der Waals surface area contributed by atoms with Gasteiger partial charge in [-0.15, -0.1) is 0 Å². The van der Waals surface area contributed by atoms with E-state index in [0.29, 0.717) is 0 Å². The molecule has 0 aliphatic heterocycles. The summed E-state index contributed by atoms with van der Waals surface area (Å²) >= 11 is 5.67. The number of aliphatic hydroxyl groups excluding tert-OH is 2. The van der Waals surface area contributed by atoms with Gasteiger partial charge in [0.2, 0.25) is 5.91 Å². The van der Waals surface area contributed by atoms with Crippen LogP contribution in [0.15, 0.2) is 18.2 Å². The van der Waals surface area contributed by atoms with Gasteiger partial charge < -0.3 is 15.9 Å². The number of nitro groups is 1. The molecule has 1 aromatic rings. The minimum atomic E-state index is -1.61. The second-order valence-electron chi connectivity index (χ2n) is 3.64. The lowest BCUT2D eigenvalue weighted by molar-refractivity contribution is -0.386. The second-order valence-corrected chi connectivity index (χ2v) is 4.08. The van der Waals surface area contributed by atoms with Crippen LogP contribution in [0.5, 0.6) is 0 Å². The number of benzene rings is 1. The van der Waals surface area contributed by atoms with Crippen molar-refractivity contribution < 1.29 is 19.9 Å². The van der Waals surface area contributed by atoms with Crippen molar-refractivity contribution >= 4 is 23.2 Å². The predicted molar refractivity (Wildman–Crippen MR) is 62.9 cm³/mol. The third kappa shape index (κ3) is 3.39. The summed E-state index contributed by atoms with van der Waals surface area (Å²) in [7, 11) is 0. The van der Waals surface area contributed by atoms with Crippen molar-refractivity contribution in [2.45, 2.75) is 18.6 Å². The minimum absolute atomic E-state index is 0.166. The molecule has 0 aromatic heterocycles. The first-order valence-corrected chi connectivity index (χ1v) is 5.29. The van der Waals surface area contributed by atoms with Gasteiger partial charge in [-0.05, 0) is 12.1 Å². The largest absolute Gasteiger partial charge is 0.390 e. The first kappa shape index (κ1) is 14.4. The lowest BCUT2D eigenvalue weighted by Crippen LogP contribution is -2.26. The van der Waals surface area contributed by atoms with Crippen LogP contribution < -0.4 is 5.73 Å². The fourth-order valence-electron chi connectivity index (χ4n) is 1.45. The zero-order valence-corrected chi connectivity index (χ0v) is 9.87. The van der Waals surface area contributed by atoms with Crippen LogP contribution in [0.3, 0.4) is 0 Å². The lowest BCUT2D eigenvalue weighted by Gasteiger charge is -2.16. The summed E-state index contributed by atoms with van der Waals surface area (Å²) in [6.07, 6.45) is -3.65. The molecule has 0 saturated carbocycles. The molecule has 0 spiro atoms. The van der Waals surface area contributed by atoms with Crippen LogP contribution in [0.25, 0.3) is 0 Å². The fourth-order valence-corrected chi connectivity index (χ4v) is 1.63. The van der Waals surface area contributed by atoms with Crippen molar-refractivity contribution in [3.63, 3.8) is 0 Å². The van der Waals surface area contributed by atoms with Gasteiger partial charge in [-0.3, -0.25) is 14.9 Å². The molecule has 0 saturated heterocycles. The highest BCUT2D eigenvalue weighted by molar-refractivity contribution is 6.30. The molecule has 8 heteroatoms. The van der Waals surface area contributed by atoms with Crippen molar-refractivity contribution in [1.82, 2.24) is 0 Å². The van der Waals surface area contributed by atoms with Crippen LogP contribution in [-0.2, 0) is 4.79 Å². The van der Waals surface area contributed by atoms with E-state index in [1.54, 1.807) is 0 Å². The van der Waals surface area contributed by atoms with Crippen LogP contribution in [-0.4, -0.2) is 27.1 Å². The van der Waals surface area contributed by atoms with Crippen LogP contribution in [0.2, 0.25) is 5.02 Å². The Balaban J connectivity index is 3.10. The van der Waals surface area contributed by atoms with E-state index in [2.05, 4.69) is 0 Å². The second kappa shape index (κ2) is 5.76. The van der Waals surface area contributed by atoms with Crippen LogP contribution in [0.1, 0.15) is 18.1 Å². The number of nitro benzene ring substituents is 1. The smallest absolute Gasteiger partial charge is 0.275 e. The highest BCUT2D eigenvalue weighted by Gasteiger charge is 2.27. The number of nitrogens with zero attached hydrogens (tertiary/aromatic N) is 1. The number of nitrogens with two attached hydrogens (primary N) is 1. The molecule has 18 heavy (non-hydrogen) atoms. The zero-order chi connectivity index (χ0) is 13.9. The van der Waals surface area contributed by atoms with Crippen LogP contribution in [0.4, 0.5) is 5.69 Å². The van der Waals surface area contributed by atoms with E-state index in [4.69, 9.17) is 17.3 Å². The molecule has 98 valence electrons. The Bertz CT molecular complexity index is 479. The molecule has 1 aromatic carbocycles. The lowest BCUT2D eigenvalue weighted by atomic mass is 10.0. The Morgan fingerprint density at radius 3 is 2.61 bits per heavy atom. The van der Waals surface area contributed by atoms with Crippen molar-refractivity contribution in [3.05, 3.63) is 38.9 Å². The fraction of sp³-hybridized carbons (Fsp3) is 0.300. The number of hydrogen-bond acceptors (Lipinski definition) is 5. The van der Waals surface area contributed by atoms with E-state index < -0.39 is 35.1 Å². The number of carbonyl (C=O) groups is 1. The summed E-state index contributed by atoms with van der Waals surface area (Å²) in [5, 5.41) is 30.2. The Morgan fingerprint density at radius 1 is 1.50 bits per heavy atom. The number of hydrogen-bond donors (Lipinski definition) is 3. The third-order valence-electron chi connectivity index (χ3n) is 2.28. The van der Waals surface area contributed by atoms with Crippen molar-refractivity contribution in [2.75, 3.05) is 0 Å². The molecule has 0 aliphatic rings. The third-order valence-corrected chi connectivity index (χ3v) is 2.51. The number of halogens is 1. The Morgan fingerprint density at radius 2 is 2.11 bits per heavy atom. The van der Waals surface area contributed by atoms with Gasteiger partial charge in [0.05, 0.1) is 23.0 Å². The van der Waals surface area contributed by atoms with E-state index in [1.807, 2.05) is 0 Å². The number of rotatable bonds is 5. The quantitative estimate of drug-likeness (QED) is 0.533. The number of aliphatic hydroxyl groups is 2. The van der Waals surface area contributed by atoms with Gasteiger partial charge in [-0.25, -0.2) is 0 Å². The molecule has 0 heterocycles. The number of primary amides is 1. The van der Waals surface area contributed by atoms with Gasteiger partial charge in [0.1, 0.15) is 6.10 Å². The molecular weight excluding hydrogens is 264 g/mol. The average Bonchev–Trinajstić information content (AvgIpc) is 2.26. The molecule has 7 nitrogen and oxygen atoms in total.